The first-order valence-corrected chi connectivity index (χ1v) is 16.3. The minimum atomic E-state index is 0.0710. The Hall–Kier alpha value is -4.42. The van der Waals surface area contributed by atoms with E-state index in [0.717, 1.165) is 0 Å². The third-order valence-electron chi connectivity index (χ3n) is 10.5. The van der Waals surface area contributed by atoms with Crippen LogP contribution in [-0.2, 0) is 0 Å². The van der Waals surface area contributed by atoms with E-state index in [2.05, 4.69) is 160 Å². The van der Waals surface area contributed by atoms with Gasteiger partial charge in [-0.3, -0.25) is 0 Å². The van der Waals surface area contributed by atoms with Crippen LogP contribution in [0.2, 0.25) is 0 Å². The van der Waals surface area contributed by atoms with Crippen molar-refractivity contribution >= 4 is 22.3 Å². The van der Waals surface area contributed by atoms with Crippen molar-refractivity contribution in [1.29, 1.82) is 0 Å². The highest BCUT2D eigenvalue weighted by molar-refractivity contribution is 6.30. The Labute approximate surface area is 271 Å². The van der Waals surface area contributed by atoms with E-state index in [-0.39, 0.29) is 5.92 Å². The Balaban J connectivity index is 1.84. The monoisotopic (exact) mass is 586 g/mol. The van der Waals surface area contributed by atoms with E-state index in [1.54, 1.807) is 0 Å². The minimum Gasteiger partial charge on any atom is -0.0588 e. The summed E-state index contributed by atoms with van der Waals surface area (Å²) >= 11 is 0. The van der Waals surface area contributed by atoms with Crippen LogP contribution in [0, 0.1) is 69.2 Å². The predicted octanol–water partition coefficient (Wildman–Crippen LogP) is 12.1. The van der Waals surface area contributed by atoms with E-state index < -0.39 is 0 Å². The van der Waals surface area contributed by atoms with Gasteiger partial charge in [0.1, 0.15) is 0 Å². The number of aryl methyl sites for hydroxylation is 10. The van der Waals surface area contributed by atoms with Crippen molar-refractivity contribution in [3.05, 3.63) is 174 Å². The zero-order chi connectivity index (χ0) is 32.2. The lowest BCUT2D eigenvalue weighted by Crippen LogP contribution is -2.05. The van der Waals surface area contributed by atoms with Crippen LogP contribution in [-0.4, -0.2) is 0 Å². The van der Waals surface area contributed by atoms with Gasteiger partial charge in [0.25, 0.3) is 0 Å². The summed E-state index contributed by atoms with van der Waals surface area (Å²) in [5.41, 5.74) is 25.2. The van der Waals surface area contributed by atoms with Crippen LogP contribution in [0.3, 0.4) is 0 Å². The molecule has 5 aromatic carbocycles. The molecular formula is C45H46. The van der Waals surface area contributed by atoms with Crippen LogP contribution in [0.25, 0.3) is 22.3 Å². The van der Waals surface area contributed by atoms with E-state index >= 15 is 0 Å². The first-order valence-electron chi connectivity index (χ1n) is 16.3. The molecule has 0 aliphatic heterocycles. The third kappa shape index (κ3) is 5.53. The zero-order valence-electron chi connectivity index (χ0n) is 28.7. The summed E-state index contributed by atoms with van der Waals surface area (Å²) in [6.45, 7) is 22.3. The molecule has 6 rings (SSSR count). The first kappa shape index (κ1) is 30.6. The fourth-order valence-electron chi connectivity index (χ4n) is 6.81. The summed E-state index contributed by atoms with van der Waals surface area (Å²) in [6, 6.07) is 35.4. The lowest BCUT2D eigenvalue weighted by Gasteiger charge is -2.24. The van der Waals surface area contributed by atoms with Crippen LogP contribution < -0.4 is 0 Å². The second-order valence-corrected chi connectivity index (χ2v) is 13.6. The van der Waals surface area contributed by atoms with Crippen molar-refractivity contribution in [2.24, 2.45) is 0 Å². The Bertz CT molecular complexity index is 1920. The van der Waals surface area contributed by atoms with Gasteiger partial charge in [0.15, 0.2) is 0 Å². The number of allylic oxidation sites excluding steroid dienone is 4. The Morgan fingerprint density at radius 1 is 0.289 bits per heavy atom. The van der Waals surface area contributed by atoms with Gasteiger partial charge in [-0.05, 0) is 175 Å². The van der Waals surface area contributed by atoms with Crippen molar-refractivity contribution in [3.8, 4) is 0 Å². The van der Waals surface area contributed by atoms with Crippen LogP contribution >= 0.6 is 0 Å². The van der Waals surface area contributed by atoms with E-state index in [0.29, 0.717) is 0 Å². The van der Waals surface area contributed by atoms with Crippen LogP contribution in [0.1, 0.15) is 89.4 Å². The second-order valence-electron chi connectivity index (χ2n) is 13.6. The highest BCUT2D eigenvalue weighted by atomic mass is 14.4. The van der Waals surface area contributed by atoms with Crippen molar-refractivity contribution in [2.75, 3.05) is 0 Å². The number of hydrogen-bond donors (Lipinski definition) is 0. The smallest absolute Gasteiger partial charge is 0.0364 e. The molecule has 0 bridgehead atoms. The number of rotatable bonds is 5. The molecule has 0 amide bonds. The molecule has 0 heterocycles. The lowest BCUT2D eigenvalue weighted by atomic mass is 9.79. The lowest BCUT2D eigenvalue weighted by molar-refractivity contribution is 1.12. The molecule has 0 saturated heterocycles. The molecule has 226 valence electrons. The summed E-state index contributed by atoms with van der Waals surface area (Å²) in [6.07, 6.45) is 0. The van der Waals surface area contributed by atoms with Crippen molar-refractivity contribution in [1.82, 2.24) is 0 Å². The maximum absolute atomic E-state index is 2.43. The van der Waals surface area contributed by atoms with Gasteiger partial charge in [-0.25, -0.2) is 0 Å². The molecule has 0 nitrogen and oxygen atoms in total. The molecule has 0 atom stereocenters. The average Bonchev–Trinajstić information content (AvgIpc) is 3.36. The van der Waals surface area contributed by atoms with Gasteiger partial charge in [0.05, 0.1) is 0 Å². The second kappa shape index (κ2) is 11.8. The summed E-state index contributed by atoms with van der Waals surface area (Å²) in [7, 11) is 0. The molecule has 0 fully saturated rings. The molecule has 0 spiro atoms. The van der Waals surface area contributed by atoms with Crippen molar-refractivity contribution < 1.29 is 0 Å². The van der Waals surface area contributed by atoms with Gasteiger partial charge < -0.3 is 0 Å². The topological polar surface area (TPSA) is 0 Å². The van der Waals surface area contributed by atoms with Gasteiger partial charge in [-0.1, -0.05) is 91.0 Å². The first-order chi connectivity index (χ1) is 21.4. The maximum atomic E-state index is 2.43. The molecule has 45 heavy (non-hydrogen) atoms. The quantitative estimate of drug-likeness (QED) is 0.192. The summed E-state index contributed by atoms with van der Waals surface area (Å²) in [4.78, 5) is 0. The van der Waals surface area contributed by atoms with Crippen LogP contribution in [0.4, 0.5) is 0 Å². The molecule has 0 unspecified atom stereocenters. The van der Waals surface area contributed by atoms with Crippen LogP contribution in [0.5, 0.6) is 0 Å². The number of hydrogen-bond acceptors (Lipinski definition) is 0. The Kier molecular flexibility index (Phi) is 8.04. The van der Waals surface area contributed by atoms with E-state index in [9.17, 15) is 0 Å². The molecule has 0 N–H and O–H groups in total. The molecule has 0 aromatic heterocycles. The highest BCUT2D eigenvalue weighted by Gasteiger charge is 2.38. The van der Waals surface area contributed by atoms with E-state index in [4.69, 9.17) is 0 Å². The molecule has 0 radical (unpaired) electrons. The van der Waals surface area contributed by atoms with E-state index in [1.165, 1.54) is 106 Å². The van der Waals surface area contributed by atoms with Gasteiger partial charge in [-0.2, -0.15) is 0 Å². The van der Waals surface area contributed by atoms with Crippen LogP contribution in [0.15, 0.2) is 91.0 Å². The van der Waals surface area contributed by atoms with Crippen molar-refractivity contribution in [3.63, 3.8) is 0 Å². The molecule has 1 aliphatic rings. The molecule has 0 heteroatoms. The standard InChI is InChI=1S/C45H46/c1-26-11-16-36(21-31(26)6)41-42(37-17-12-27(2)32(7)22-37)44(39-19-14-29(4)34(9)24-39)45(40-20-15-30(5)35(10)25-40)43(41)38-18-13-28(3)33(8)23-38/h11-25,41H,1-10H3. The molecule has 1 aliphatic carbocycles. The Morgan fingerprint density at radius 3 is 0.911 bits per heavy atom. The van der Waals surface area contributed by atoms with Gasteiger partial charge in [-0.15, -0.1) is 0 Å². The fourth-order valence-corrected chi connectivity index (χ4v) is 6.81. The molecular weight excluding hydrogens is 540 g/mol. The van der Waals surface area contributed by atoms with Gasteiger partial charge in [0, 0.05) is 5.92 Å². The summed E-state index contributed by atoms with van der Waals surface area (Å²) < 4.78 is 0. The largest absolute Gasteiger partial charge is 0.0588 e. The fraction of sp³-hybridized carbons (Fsp3) is 0.244. The van der Waals surface area contributed by atoms with Gasteiger partial charge in [0.2, 0.25) is 0 Å². The summed E-state index contributed by atoms with van der Waals surface area (Å²) in [5.74, 6) is 0.0710. The minimum absolute atomic E-state index is 0.0710. The third-order valence-corrected chi connectivity index (χ3v) is 10.5. The molecule has 0 saturated carbocycles. The summed E-state index contributed by atoms with van der Waals surface area (Å²) in [5, 5.41) is 0. The predicted molar refractivity (Wildman–Crippen MR) is 196 cm³/mol. The molecule has 5 aromatic rings. The maximum Gasteiger partial charge on any atom is 0.0364 e. The number of benzene rings is 5. The van der Waals surface area contributed by atoms with Gasteiger partial charge >= 0.3 is 0 Å². The highest BCUT2D eigenvalue weighted by Crippen LogP contribution is 2.59. The average molecular weight is 587 g/mol. The Morgan fingerprint density at radius 2 is 0.578 bits per heavy atom. The van der Waals surface area contributed by atoms with Crippen molar-refractivity contribution in [2.45, 2.75) is 75.2 Å². The van der Waals surface area contributed by atoms with E-state index in [1.807, 2.05) is 0 Å². The zero-order valence-corrected chi connectivity index (χ0v) is 28.7. The normalized spacial score (nSPS) is 13.7. The SMILES string of the molecule is Cc1ccc(C2=C(c3ccc(C)c(C)c3)C(c3ccc(C)c(C)c3)C(c3ccc(C)c(C)c3)=C2c2ccc(C)c(C)c2)cc1C.